The fourth-order valence-corrected chi connectivity index (χ4v) is 2.29. The van der Waals surface area contributed by atoms with E-state index in [9.17, 15) is 4.79 Å². The molecule has 1 aromatic carbocycles. The van der Waals surface area contributed by atoms with Gasteiger partial charge < -0.3 is 14.4 Å². The Morgan fingerprint density at radius 2 is 2.00 bits per heavy atom. The van der Waals surface area contributed by atoms with Gasteiger partial charge in [0.05, 0.1) is 12.2 Å². The van der Waals surface area contributed by atoms with Crippen molar-refractivity contribution in [3.63, 3.8) is 0 Å². The average Bonchev–Trinajstić information content (AvgIpc) is 2.90. The Hall–Kier alpha value is -1.59. The molecule has 0 saturated carbocycles. The van der Waals surface area contributed by atoms with Gasteiger partial charge in [0.1, 0.15) is 6.26 Å². The van der Waals surface area contributed by atoms with E-state index >= 15 is 0 Å². The first-order valence-corrected chi connectivity index (χ1v) is 7.18. The van der Waals surface area contributed by atoms with Gasteiger partial charge in [-0.2, -0.15) is 0 Å². The smallest absolute Gasteiger partial charge is 0.257 e. The SMILES string of the molecule is O=C(c1coc(Br)c1)N(CCO)CCc1ccccc1. The maximum atomic E-state index is 12.3. The molecule has 1 aromatic heterocycles. The lowest BCUT2D eigenvalue weighted by Gasteiger charge is -2.21. The number of aliphatic hydroxyl groups excluding tert-OH is 1. The van der Waals surface area contributed by atoms with Gasteiger partial charge in [0, 0.05) is 19.2 Å². The van der Waals surface area contributed by atoms with E-state index < -0.39 is 0 Å². The van der Waals surface area contributed by atoms with Crippen molar-refractivity contribution in [2.24, 2.45) is 0 Å². The Kier molecular flexibility index (Phi) is 5.38. The van der Waals surface area contributed by atoms with Gasteiger partial charge in [0.2, 0.25) is 0 Å². The maximum absolute atomic E-state index is 12.3. The number of amides is 1. The minimum absolute atomic E-state index is 0.0560. The number of aliphatic hydroxyl groups is 1. The van der Waals surface area contributed by atoms with Crippen LogP contribution in [0.4, 0.5) is 0 Å². The van der Waals surface area contributed by atoms with Gasteiger partial charge in [-0.25, -0.2) is 0 Å². The number of nitrogens with zero attached hydrogens (tertiary/aromatic N) is 1. The van der Waals surface area contributed by atoms with E-state index in [1.807, 2.05) is 30.3 Å². The van der Waals surface area contributed by atoms with Crippen LogP contribution in [-0.2, 0) is 6.42 Å². The Morgan fingerprint density at radius 3 is 2.60 bits per heavy atom. The molecule has 1 N–H and O–H groups in total. The minimum Gasteiger partial charge on any atom is -0.457 e. The Bertz CT molecular complexity index is 553. The van der Waals surface area contributed by atoms with E-state index in [1.165, 1.54) is 6.26 Å². The lowest BCUT2D eigenvalue weighted by molar-refractivity contribution is 0.0723. The monoisotopic (exact) mass is 337 g/mol. The van der Waals surface area contributed by atoms with Crippen LogP contribution < -0.4 is 0 Å². The molecule has 0 radical (unpaired) electrons. The molecular formula is C15H16BrNO3. The summed E-state index contributed by atoms with van der Waals surface area (Å²) in [6.07, 6.45) is 2.17. The minimum atomic E-state index is -0.135. The second-order valence-electron chi connectivity index (χ2n) is 4.39. The molecule has 1 heterocycles. The van der Waals surface area contributed by atoms with Crippen molar-refractivity contribution in [2.45, 2.75) is 6.42 Å². The predicted octanol–water partition coefficient (Wildman–Crippen LogP) is 2.72. The summed E-state index contributed by atoms with van der Waals surface area (Å²) >= 11 is 3.18. The van der Waals surface area contributed by atoms with Gasteiger partial charge in [-0.15, -0.1) is 0 Å². The number of benzene rings is 1. The van der Waals surface area contributed by atoms with Gasteiger partial charge in [0.15, 0.2) is 4.67 Å². The third-order valence-corrected chi connectivity index (χ3v) is 3.40. The van der Waals surface area contributed by atoms with Crippen LogP contribution in [0, 0.1) is 0 Å². The van der Waals surface area contributed by atoms with Crippen LogP contribution in [0.3, 0.4) is 0 Å². The van der Waals surface area contributed by atoms with Gasteiger partial charge in [-0.05, 0) is 27.9 Å². The summed E-state index contributed by atoms with van der Waals surface area (Å²) < 4.78 is 5.60. The topological polar surface area (TPSA) is 53.7 Å². The zero-order valence-electron chi connectivity index (χ0n) is 11.0. The molecular weight excluding hydrogens is 322 g/mol. The molecule has 5 heteroatoms. The first-order chi connectivity index (χ1) is 9.70. The average molecular weight is 338 g/mol. The first-order valence-electron chi connectivity index (χ1n) is 6.39. The second kappa shape index (κ2) is 7.26. The van der Waals surface area contributed by atoms with Crippen LogP contribution in [0.5, 0.6) is 0 Å². The molecule has 0 atom stereocenters. The second-order valence-corrected chi connectivity index (χ2v) is 5.17. The molecule has 0 aliphatic carbocycles. The molecule has 0 spiro atoms. The fourth-order valence-electron chi connectivity index (χ4n) is 1.95. The van der Waals surface area contributed by atoms with Crippen molar-refractivity contribution in [3.05, 3.63) is 58.5 Å². The molecule has 4 nitrogen and oxygen atoms in total. The molecule has 0 unspecified atom stereocenters. The normalized spacial score (nSPS) is 10.5. The molecule has 2 aromatic rings. The molecule has 2 rings (SSSR count). The summed E-state index contributed by atoms with van der Waals surface area (Å²) in [7, 11) is 0. The van der Waals surface area contributed by atoms with Gasteiger partial charge in [0.25, 0.3) is 5.91 Å². The zero-order chi connectivity index (χ0) is 14.4. The van der Waals surface area contributed by atoms with E-state index in [2.05, 4.69) is 15.9 Å². The van der Waals surface area contributed by atoms with Gasteiger partial charge >= 0.3 is 0 Å². The summed E-state index contributed by atoms with van der Waals surface area (Å²) in [4.78, 5) is 13.9. The van der Waals surface area contributed by atoms with E-state index in [0.29, 0.717) is 23.3 Å². The maximum Gasteiger partial charge on any atom is 0.257 e. The third kappa shape index (κ3) is 3.95. The van der Waals surface area contributed by atoms with Crippen LogP contribution >= 0.6 is 15.9 Å². The van der Waals surface area contributed by atoms with Crippen molar-refractivity contribution in [2.75, 3.05) is 19.7 Å². The Balaban J connectivity index is 2.01. The predicted molar refractivity (Wildman–Crippen MR) is 79.5 cm³/mol. The fraction of sp³-hybridized carbons (Fsp3) is 0.267. The van der Waals surface area contributed by atoms with E-state index in [4.69, 9.17) is 9.52 Å². The van der Waals surface area contributed by atoms with E-state index in [1.54, 1.807) is 11.0 Å². The van der Waals surface area contributed by atoms with Crippen LogP contribution in [0.2, 0.25) is 0 Å². The summed E-state index contributed by atoms with van der Waals surface area (Å²) in [5.41, 5.74) is 1.65. The standard InChI is InChI=1S/C15H16BrNO3/c16-14-10-13(11-20-14)15(19)17(8-9-18)7-6-12-4-2-1-3-5-12/h1-5,10-11,18H,6-9H2. The number of carbonyl (C=O) groups is 1. The summed E-state index contributed by atoms with van der Waals surface area (Å²) in [5.74, 6) is -0.135. The molecule has 0 fully saturated rings. The highest BCUT2D eigenvalue weighted by Crippen LogP contribution is 2.16. The lowest BCUT2D eigenvalue weighted by Crippen LogP contribution is -2.35. The molecule has 1 amide bonds. The van der Waals surface area contributed by atoms with E-state index in [0.717, 1.165) is 12.0 Å². The first kappa shape index (κ1) is 14.8. The summed E-state index contributed by atoms with van der Waals surface area (Å²) in [6.45, 7) is 0.820. The third-order valence-electron chi connectivity index (χ3n) is 2.98. The number of halogens is 1. The van der Waals surface area contributed by atoms with Crippen molar-refractivity contribution >= 4 is 21.8 Å². The Labute approximate surface area is 126 Å². The number of furan rings is 1. The van der Waals surface area contributed by atoms with E-state index in [-0.39, 0.29) is 12.5 Å². The summed E-state index contributed by atoms with van der Waals surface area (Å²) in [6, 6.07) is 11.6. The van der Waals surface area contributed by atoms with Crippen molar-refractivity contribution in [1.82, 2.24) is 4.90 Å². The molecule has 0 saturated heterocycles. The molecule has 106 valence electrons. The highest BCUT2D eigenvalue weighted by molar-refractivity contribution is 9.10. The molecule has 20 heavy (non-hydrogen) atoms. The van der Waals surface area contributed by atoms with Crippen LogP contribution in [0.1, 0.15) is 15.9 Å². The quantitative estimate of drug-likeness (QED) is 0.881. The van der Waals surface area contributed by atoms with Gasteiger partial charge in [-0.3, -0.25) is 4.79 Å². The number of hydrogen-bond acceptors (Lipinski definition) is 3. The molecule has 0 aliphatic heterocycles. The van der Waals surface area contributed by atoms with Crippen LogP contribution in [-0.4, -0.2) is 35.6 Å². The van der Waals surface area contributed by atoms with Crippen molar-refractivity contribution in [3.8, 4) is 0 Å². The number of carbonyl (C=O) groups excluding carboxylic acids is 1. The molecule has 0 aliphatic rings. The Morgan fingerprint density at radius 1 is 1.25 bits per heavy atom. The highest BCUT2D eigenvalue weighted by atomic mass is 79.9. The molecule has 0 bridgehead atoms. The largest absolute Gasteiger partial charge is 0.457 e. The van der Waals surface area contributed by atoms with Crippen molar-refractivity contribution < 1.29 is 14.3 Å². The van der Waals surface area contributed by atoms with Crippen LogP contribution in [0.15, 0.2) is 51.7 Å². The lowest BCUT2D eigenvalue weighted by atomic mass is 10.1. The van der Waals surface area contributed by atoms with Gasteiger partial charge in [-0.1, -0.05) is 30.3 Å². The number of hydrogen-bond donors (Lipinski definition) is 1. The zero-order valence-corrected chi connectivity index (χ0v) is 12.5. The number of rotatable bonds is 6. The van der Waals surface area contributed by atoms with Crippen LogP contribution in [0.25, 0.3) is 0 Å². The highest BCUT2D eigenvalue weighted by Gasteiger charge is 2.17. The van der Waals surface area contributed by atoms with Crippen molar-refractivity contribution in [1.29, 1.82) is 0 Å². The summed E-state index contributed by atoms with van der Waals surface area (Å²) in [5, 5.41) is 9.11.